The molecule has 2 aromatic heterocycles. The molecule has 0 radical (unpaired) electrons. The molecule has 0 N–H and O–H groups in total. The Labute approximate surface area is 149 Å². The standard InChI is InChI=1S/C20H16N2O2S/c1-24-16-9-5-6-14(10-16)12-22-13-21-19-17(20(22)23)11-18(25-19)15-7-3-2-4-8-15/h2-11,13H,12H2,1H3. The lowest BCUT2D eigenvalue weighted by atomic mass is 10.2. The van der Waals surface area contributed by atoms with E-state index in [0.717, 1.165) is 26.6 Å². The second kappa shape index (κ2) is 6.53. The molecule has 4 aromatic rings. The van der Waals surface area contributed by atoms with E-state index in [1.165, 1.54) is 0 Å². The molecule has 0 aliphatic heterocycles. The van der Waals surface area contributed by atoms with Gasteiger partial charge in [-0.1, -0.05) is 42.5 Å². The van der Waals surface area contributed by atoms with Gasteiger partial charge in [0.25, 0.3) is 5.56 Å². The maximum atomic E-state index is 12.8. The van der Waals surface area contributed by atoms with E-state index in [9.17, 15) is 4.79 Å². The molecule has 0 atom stereocenters. The van der Waals surface area contributed by atoms with Crippen LogP contribution in [0.15, 0.2) is 71.8 Å². The molecule has 0 aliphatic rings. The Balaban J connectivity index is 1.74. The molecule has 124 valence electrons. The number of rotatable bonds is 4. The first-order valence-corrected chi connectivity index (χ1v) is 8.73. The summed E-state index contributed by atoms with van der Waals surface area (Å²) in [5.41, 5.74) is 2.08. The van der Waals surface area contributed by atoms with E-state index in [4.69, 9.17) is 4.74 Å². The van der Waals surface area contributed by atoms with E-state index in [1.54, 1.807) is 29.3 Å². The van der Waals surface area contributed by atoms with E-state index < -0.39 is 0 Å². The van der Waals surface area contributed by atoms with Crippen LogP contribution in [0.4, 0.5) is 0 Å². The molecule has 0 spiro atoms. The number of hydrogen-bond acceptors (Lipinski definition) is 4. The highest BCUT2D eigenvalue weighted by atomic mass is 32.1. The summed E-state index contributed by atoms with van der Waals surface area (Å²) < 4.78 is 6.88. The second-order valence-electron chi connectivity index (χ2n) is 5.72. The van der Waals surface area contributed by atoms with Crippen LogP contribution in [0.5, 0.6) is 5.75 Å². The SMILES string of the molecule is COc1cccc(Cn2cnc3sc(-c4ccccc4)cc3c2=O)c1. The summed E-state index contributed by atoms with van der Waals surface area (Å²) in [6.07, 6.45) is 1.62. The summed E-state index contributed by atoms with van der Waals surface area (Å²) in [6.45, 7) is 0.468. The zero-order chi connectivity index (χ0) is 17.2. The van der Waals surface area contributed by atoms with Crippen molar-refractivity contribution in [2.45, 2.75) is 6.54 Å². The van der Waals surface area contributed by atoms with Crippen LogP contribution >= 0.6 is 11.3 Å². The number of ether oxygens (including phenoxy) is 1. The third kappa shape index (κ3) is 3.06. The largest absolute Gasteiger partial charge is 0.497 e. The van der Waals surface area contributed by atoms with Crippen molar-refractivity contribution in [1.82, 2.24) is 9.55 Å². The van der Waals surface area contributed by atoms with Crippen molar-refractivity contribution in [2.75, 3.05) is 7.11 Å². The van der Waals surface area contributed by atoms with Crippen molar-refractivity contribution < 1.29 is 4.74 Å². The minimum absolute atomic E-state index is 0.0220. The normalized spacial score (nSPS) is 10.9. The Morgan fingerprint density at radius 3 is 2.72 bits per heavy atom. The Morgan fingerprint density at radius 2 is 1.92 bits per heavy atom. The van der Waals surface area contributed by atoms with Gasteiger partial charge in [-0.15, -0.1) is 11.3 Å². The number of hydrogen-bond donors (Lipinski definition) is 0. The molecule has 5 heteroatoms. The average molecular weight is 348 g/mol. The van der Waals surface area contributed by atoms with Gasteiger partial charge in [0.2, 0.25) is 0 Å². The zero-order valence-electron chi connectivity index (χ0n) is 13.7. The van der Waals surface area contributed by atoms with Gasteiger partial charge in [0.05, 0.1) is 25.4 Å². The number of thiophene rings is 1. The predicted molar refractivity (Wildman–Crippen MR) is 101 cm³/mol. The van der Waals surface area contributed by atoms with Crippen molar-refractivity contribution in [3.8, 4) is 16.2 Å². The van der Waals surface area contributed by atoms with E-state index in [0.29, 0.717) is 11.9 Å². The van der Waals surface area contributed by atoms with Gasteiger partial charge in [0, 0.05) is 4.88 Å². The number of methoxy groups -OCH3 is 1. The highest BCUT2D eigenvalue weighted by molar-refractivity contribution is 7.21. The van der Waals surface area contributed by atoms with Crippen LogP contribution in [0, 0.1) is 0 Å². The minimum atomic E-state index is -0.0220. The third-order valence-electron chi connectivity index (χ3n) is 4.06. The number of fused-ring (bicyclic) bond motifs is 1. The molecule has 0 bridgehead atoms. The highest BCUT2D eigenvalue weighted by Gasteiger charge is 2.10. The molecular weight excluding hydrogens is 332 g/mol. The Morgan fingerprint density at radius 1 is 1.08 bits per heavy atom. The van der Waals surface area contributed by atoms with Crippen LogP contribution < -0.4 is 10.3 Å². The van der Waals surface area contributed by atoms with Crippen molar-refractivity contribution in [1.29, 1.82) is 0 Å². The smallest absolute Gasteiger partial charge is 0.262 e. The summed E-state index contributed by atoms with van der Waals surface area (Å²) in [4.78, 5) is 19.1. The number of benzene rings is 2. The molecule has 0 aliphatic carbocycles. The lowest BCUT2D eigenvalue weighted by Gasteiger charge is -2.07. The molecule has 0 amide bonds. The van der Waals surface area contributed by atoms with Gasteiger partial charge >= 0.3 is 0 Å². The van der Waals surface area contributed by atoms with Crippen molar-refractivity contribution >= 4 is 21.6 Å². The Hall–Kier alpha value is -2.92. The van der Waals surface area contributed by atoms with Crippen LogP contribution in [0.1, 0.15) is 5.56 Å². The van der Waals surface area contributed by atoms with Gasteiger partial charge in [0.1, 0.15) is 10.6 Å². The minimum Gasteiger partial charge on any atom is -0.497 e. The molecule has 0 saturated heterocycles. The molecule has 0 saturated carbocycles. The lowest BCUT2D eigenvalue weighted by molar-refractivity contribution is 0.414. The average Bonchev–Trinajstić information content (AvgIpc) is 3.10. The van der Waals surface area contributed by atoms with Gasteiger partial charge in [-0.05, 0) is 29.3 Å². The summed E-state index contributed by atoms with van der Waals surface area (Å²) in [6, 6.07) is 19.7. The van der Waals surface area contributed by atoms with Gasteiger partial charge in [-0.2, -0.15) is 0 Å². The lowest BCUT2D eigenvalue weighted by Crippen LogP contribution is -2.20. The molecule has 0 fully saturated rings. The quantitative estimate of drug-likeness (QED) is 0.556. The first-order chi connectivity index (χ1) is 12.2. The summed E-state index contributed by atoms with van der Waals surface area (Å²) in [7, 11) is 1.63. The predicted octanol–water partition coefficient (Wildman–Crippen LogP) is 4.18. The van der Waals surface area contributed by atoms with E-state index in [1.807, 2.05) is 60.7 Å². The zero-order valence-corrected chi connectivity index (χ0v) is 14.5. The molecule has 2 heterocycles. The first-order valence-electron chi connectivity index (χ1n) is 7.92. The second-order valence-corrected chi connectivity index (χ2v) is 6.76. The summed E-state index contributed by atoms with van der Waals surface area (Å²) in [5.74, 6) is 0.779. The fourth-order valence-electron chi connectivity index (χ4n) is 2.78. The molecular formula is C20H16N2O2S. The highest BCUT2D eigenvalue weighted by Crippen LogP contribution is 2.30. The molecule has 25 heavy (non-hydrogen) atoms. The van der Waals surface area contributed by atoms with Crippen molar-refractivity contribution in [2.24, 2.45) is 0 Å². The van der Waals surface area contributed by atoms with Gasteiger partial charge in [0.15, 0.2) is 0 Å². The summed E-state index contributed by atoms with van der Waals surface area (Å²) >= 11 is 1.54. The maximum absolute atomic E-state index is 12.8. The van der Waals surface area contributed by atoms with Crippen LogP contribution in [0.25, 0.3) is 20.7 Å². The fraction of sp³-hybridized carbons (Fsp3) is 0.100. The fourth-order valence-corrected chi connectivity index (χ4v) is 3.78. The van der Waals surface area contributed by atoms with Crippen LogP contribution in [0.3, 0.4) is 0 Å². The van der Waals surface area contributed by atoms with Crippen LogP contribution in [0.2, 0.25) is 0 Å². The molecule has 0 unspecified atom stereocenters. The topological polar surface area (TPSA) is 44.1 Å². The van der Waals surface area contributed by atoms with Gasteiger partial charge in [-0.25, -0.2) is 4.98 Å². The monoisotopic (exact) mass is 348 g/mol. The third-order valence-corrected chi connectivity index (χ3v) is 5.16. The van der Waals surface area contributed by atoms with E-state index in [-0.39, 0.29) is 5.56 Å². The Bertz CT molecular complexity index is 1080. The van der Waals surface area contributed by atoms with E-state index in [2.05, 4.69) is 4.98 Å². The molecule has 4 rings (SSSR count). The van der Waals surface area contributed by atoms with E-state index >= 15 is 0 Å². The van der Waals surface area contributed by atoms with Crippen molar-refractivity contribution in [3.63, 3.8) is 0 Å². The summed E-state index contributed by atoms with van der Waals surface area (Å²) in [5, 5.41) is 0.661. The number of aromatic nitrogens is 2. The van der Waals surface area contributed by atoms with Gasteiger partial charge < -0.3 is 4.74 Å². The molecule has 2 aromatic carbocycles. The Kier molecular flexibility index (Phi) is 4.07. The maximum Gasteiger partial charge on any atom is 0.262 e. The van der Waals surface area contributed by atoms with Crippen LogP contribution in [-0.4, -0.2) is 16.7 Å². The first kappa shape index (κ1) is 15.6. The van der Waals surface area contributed by atoms with Gasteiger partial charge in [-0.3, -0.25) is 9.36 Å². The van der Waals surface area contributed by atoms with Crippen molar-refractivity contribution in [3.05, 3.63) is 82.9 Å². The molecule has 4 nitrogen and oxygen atoms in total. The number of nitrogens with zero attached hydrogens (tertiary/aromatic N) is 2. The van der Waals surface area contributed by atoms with Crippen LogP contribution in [-0.2, 0) is 6.54 Å².